The fourth-order valence-electron chi connectivity index (χ4n) is 2.76. The van der Waals surface area contributed by atoms with Crippen molar-refractivity contribution in [2.75, 3.05) is 18.5 Å². The second-order valence-electron chi connectivity index (χ2n) is 5.91. The van der Waals surface area contributed by atoms with E-state index in [0.29, 0.717) is 24.8 Å². The summed E-state index contributed by atoms with van der Waals surface area (Å²) in [5.74, 6) is 1.13. The van der Waals surface area contributed by atoms with Crippen LogP contribution in [0.4, 0.5) is 5.82 Å². The van der Waals surface area contributed by atoms with Gasteiger partial charge < -0.3 is 15.0 Å². The molecule has 0 spiro atoms. The molecule has 1 atom stereocenters. The summed E-state index contributed by atoms with van der Waals surface area (Å²) in [6, 6.07) is 8.02. The maximum absolute atomic E-state index is 12.6. The standard InChI is InChI=1S/C18H22N4O2/c1-3-24-17-11-19-10-16(21-17)20-15-8-9-22(18(15)23)12-14-6-4-13(2)5-7-14/h4-7,10-11,15H,3,8-9,12H2,1-2H3,(H,20,21). The molecule has 6 heteroatoms. The molecular weight excluding hydrogens is 304 g/mol. The van der Waals surface area contributed by atoms with Gasteiger partial charge in [-0.15, -0.1) is 0 Å². The first kappa shape index (κ1) is 16.2. The third kappa shape index (κ3) is 3.82. The summed E-state index contributed by atoms with van der Waals surface area (Å²) in [7, 11) is 0. The predicted octanol–water partition coefficient (Wildman–Crippen LogP) is 2.40. The zero-order chi connectivity index (χ0) is 16.9. The molecule has 1 aromatic heterocycles. The molecule has 1 aliphatic rings. The van der Waals surface area contributed by atoms with Gasteiger partial charge in [0.15, 0.2) is 0 Å². The van der Waals surface area contributed by atoms with E-state index >= 15 is 0 Å². The number of aromatic nitrogens is 2. The van der Waals surface area contributed by atoms with Crippen LogP contribution in [0.2, 0.25) is 0 Å². The molecule has 6 nitrogen and oxygen atoms in total. The zero-order valence-corrected chi connectivity index (χ0v) is 14.0. The van der Waals surface area contributed by atoms with Crippen molar-refractivity contribution in [3.8, 4) is 5.88 Å². The van der Waals surface area contributed by atoms with E-state index < -0.39 is 0 Å². The van der Waals surface area contributed by atoms with Crippen molar-refractivity contribution in [1.82, 2.24) is 14.9 Å². The van der Waals surface area contributed by atoms with Gasteiger partial charge >= 0.3 is 0 Å². The van der Waals surface area contributed by atoms with Gasteiger partial charge in [-0.1, -0.05) is 29.8 Å². The third-order valence-electron chi connectivity index (χ3n) is 4.02. The number of benzene rings is 1. The minimum Gasteiger partial charge on any atom is -0.477 e. The van der Waals surface area contributed by atoms with Crippen LogP contribution >= 0.6 is 0 Å². The molecule has 126 valence electrons. The van der Waals surface area contributed by atoms with Gasteiger partial charge in [-0.25, -0.2) is 0 Å². The second kappa shape index (κ2) is 7.29. The number of rotatable bonds is 6. The normalized spacial score (nSPS) is 17.2. The Morgan fingerprint density at radius 2 is 2.08 bits per heavy atom. The van der Waals surface area contributed by atoms with E-state index in [0.717, 1.165) is 18.5 Å². The summed E-state index contributed by atoms with van der Waals surface area (Å²) in [5.41, 5.74) is 2.37. The van der Waals surface area contributed by atoms with Crippen molar-refractivity contribution in [3.05, 3.63) is 47.8 Å². The lowest BCUT2D eigenvalue weighted by Crippen LogP contribution is -2.33. The number of nitrogens with one attached hydrogen (secondary N) is 1. The van der Waals surface area contributed by atoms with E-state index in [2.05, 4.69) is 46.5 Å². The summed E-state index contributed by atoms with van der Waals surface area (Å²) >= 11 is 0. The molecule has 1 unspecified atom stereocenters. The molecule has 0 bridgehead atoms. The minimum atomic E-state index is -0.262. The number of nitrogens with zero attached hydrogens (tertiary/aromatic N) is 3. The first-order chi connectivity index (χ1) is 11.7. The summed E-state index contributed by atoms with van der Waals surface area (Å²) in [6.07, 6.45) is 3.93. The molecule has 24 heavy (non-hydrogen) atoms. The molecule has 3 rings (SSSR count). The maximum atomic E-state index is 12.6. The number of aryl methyl sites for hydroxylation is 1. The van der Waals surface area contributed by atoms with Crippen LogP contribution in [-0.2, 0) is 11.3 Å². The molecule has 1 aromatic carbocycles. The second-order valence-corrected chi connectivity index (χ2v) is 5.91. The van der Waals surface area contributed by atoms with Gasteiger partial charge in [0.05, 0.1) is 19.0 Å². The molecule has 1 amide bonds. The molecule has 2 heterocycles. The average Bonchev–Trinajstić information content (AvgIpc) is 2.91. The van der Waals surface area contributed by atoms with Crippen LogP contribution in [-0.4, -0.2) is 40.0 Å². The SMILES string of the molecule is CCOc1cncc(NC2CCN(Cc3ccc(C)cc3)C2=O)n1. The van der Waals surface area contributed by atoms with Crippen LogP contribution in [0.25, 0.3) is 0 Å². The molecule has 1 N–H and O–H groups in total. The highest BCUT2D eigenvalue weighted by Crippen LogP contribution is 2.19. The third-order valence-corrected chi connectivity index (χ3v) is 4.02. The predicted molar refractivity (Wildman–Crippen MR) is 91.8 cm³/mol. The van der Waals surface area contributed by atoms with E-state index in [9.17, 15) is 4.79 Å². The number of likely N-dealkylation sites (tertiary alicyclic amines) is 1. The fourth-order valence-corrected chi connectivity index (χ4v) is 2.76. The summed E-state index contributed by atoms with van der Waals surface area (Å²) in [4.78, 5) is 22.9. The van der Waals surface area contributed by atoms with Crippen LogP contribution < -0.4 is 10.1 Å². The van der Waals surface area contributed by atoms with E-state index in [1.54, 1.807) is 12.4 Å². The molecule has 0 radical (unpaired) electrons. The van der Waals surface area contributed by atoms with Crippen LogP contribution in [0.1, 0.15) is 24.5 Å². The smallest absolute Gasteiger partial charge is 0.245 e. The molecule has 2 aromatic rings. The molecule has 1 fully saturated rings. The fraction of sp³-hybridized carbons (Fsp3) is 0.389. The van der Waals surface area contributed by atoms with E-state index in [1.807, 2.05) is 11.8 Å². The van der Waals surface area contributed by atoms with Crippen molar-refractivity contribution in [1.29, 1.82) is 0 Å². The van der Waals surface area contributed by atoms with Crippen LogP contribution in [0.15, 0.2) is 36.7 Å². The summed E-state index contributed by atoms with van der Waals surface area (Å²) in [5, 5.41) is 3.17. The zero-order valence-electron chi connectivity index (χ0n) is 14.0. The first-order valence-corrected chi connectivity index (χ1v) is 8.21. The minimum absolute atomic E-state index is 0.0965. The number of anilines is 1. The first-order valence-electron chi connectivity index (χ1n) is 8.21. The molecule has 1 saturated heterocycles. The van der Waals surface area contributed by atoms with Crippen LogP contribution in [0.3, 0.4) is 0 Å². The largest absolute Gasteiger partial charge is 0.477 e. The van der Waals surface area contributed by atoms with Crippen molar-refractivity contribution in [2.45, 2.75) is 32.9 Å². The van der Waals surface area contributed by atoms with Crippen LogP contribution in [0.5, 0.6) is 5.88 Å². The Kier molecular flexibility index (Phi) is 4.93. The Balaban J connectivity index is 1.61. The van der Waals surface area contributed by atoms with Crippen LogP contribution in [0, 0.1) is 6.92 Å². The highest BCUT2D eigenvalue weighted by molar-refractivity contribution is 5.86. The number of hydrogen-bond donors (Lipinski definition) is 1. The monoisotopic (exact) mass is 326 g/mol. The van der Waals surface area contributed by atoms with Gasteiger partial charge in [-0.2, -0.15) is 4.98 Å². The van der Waals surface area contributed by atoms with Gasteiger partial charge in [0.25, 0.3) is 0 Å². The van der Waals surface area contributed by atoms with Crippen molar-refractivity contribution < 1.29 is 9.53 Å². The summed E-state index contributed by atoms with van der Waals surface area (Å²) in [6.45, 7) is 5.86. The van der Waals surface area contributed by atoms with E-state index in [4.69, 9.17) is 4.74 Å². The van der Waals surface area contributed by atoms with E-state index in [1.165, 1.54) is 5.56 Å². The number of ether oxygens (including phenoxy) is 1. The number of amides is 1. The lowest BCUT2D eigenvalue weighted by atomic mass is 10.1. The molecule has 0 saturated carbocycles. The molecular formula is C18H22N4O2. The highest BCUT2D eigenvalue weighted by Gasteiger charge is 2.31. The Hall–Kier alpha value is -2.63. The van der Waals surface area contributed by atoms with Gasteiger partial charge in [-0.05, 0) is 25.8 Å². The maximum Gasteiger partial charge on any atom is 0.245 e. The lowest BCUT2D eigenvalue weighted by molar-refractivity contribution is -0.128. The van der Waals surface area contributed by atoms with Gasteiger partial charge in [-0.3, -0.25) is 9.78 Å². The molecule has 0 aliphatic carbocycles. The topological polar surface area (TPSA) is 67.3 Å². The van der Waals surface area contributed by atoms with Crippen molar-refractivity contribution >= 4 is 11.7 Å². The van der Waals surface area contributed by atoms with Crippen molar-refractivity contribution in [2.24, 2.45) is 0 Å². The summed E-state index contributed by atoms with van der Waals surface area (Å²) < 4.78 is 5.34. The Labute approximate surface area is 141 Å². The highest BCUT2D eigenvalue weighted by atomic mass is 16.5. The molecule has 1 aliphatic heterocycles. The van der Waals surface area contributed by atoms with Gasteiger partial charge in [0.2, 0.25) is 11.8 Å². The Morgan fingerprint density at radius 1 is 1.29 bits per heavy atom. The van der Waals surface area contributed by atoms with Gasteiger partial charge in [0.1, 0.15) is 11.9 Å². The number of hydrogen-bond acceptors (Lipinski definition) is 5. The van der Waals surface area contributed by atoms with Gasteiger partial charge in [0, 0.05) is 13.1 Å². The average molecular weight is 326 g/mol. The lowest BCUT2D eigenvalue weighted by Gasteiger charge is -2.17. The van der Waals surface area contributed by atoms with E-state index in [-0.39, 0.29) is 11.9 Å². The quantitative estimate of drug-likeness (QED) is 0.883. The van der Waals surface area contributed by atoms with Crippen molar-refractivity contribution in [3.63, 3.8) is 0 Å². The Morgan fingerprint density at radius 3 is 2.83 bits per heavy atom. The number of carbonyl (C=O) groups excluding carboxylic acids is 1. The Bertz CT molecular complexity index is 702. The number of carbonyl (C=O) groups is 1.